The summed E-state index contributed by atoms with van der Waals surface area (Å²) in [6, 6.07) is 48.6. The van der Waals surface area contributed by atoms with Gasteiger partial charge >= 0.3 is 0 Å². The number of benzene rings is 10. The third-order valence-electron chi connectivity index (χ3n) is 26.2. The zero-order valence-corrected chi connectivity index (χ0v) is 76.5. The molecule has 530 valence electrons. The molecular formula is C95H80Br10. The molecule has 0 radical (unpaired) electrons. The predicted molar refractivity (Wildman–Crippen MR) is 488 cm³/mol. The average Bonchev–Trinajstić information content (AvgIpc) is 1.59. The van der Waals surface area contributed by atoms with Gasteiger partial charge in [-0.15, -0.1) is 0 Å². The first-order valence-corrected chi connectivity index (χ1v) is 45.3. The van der Waals surface area contributed by atoms with E-state index in [1.54, 1.807) is 0 Å². The van der Waals surface area contributed by atoms with Crippen LogP contribution in [-0.4, -0.2) is 0 Å². The summed E-state index contributed by atoms with van der Waals surface area (Å²) < 4.78 is 10.8. The second-order valence-corrected chi connectivity index (χ2v) is 38.3. The Bertz CT molecular complexity index is 4460. The molecule has 10 aromatic carbocycles. The fraction of sp³-hybridized carbons (Fsp3) is 0.263. The van der Waals surface area contributed by atoms with Gasteiger partial charge in [0.05, 0.1) is 0 Å². The van der Waals surface area contributed by atoms with Gasteiger partial charge in [0.1, 0.15) is 0 Å². The van der Waals surface area contributed by atoms with Crippen molar-refractivity contribution >= 4 is 220 Å². The average molecular weight is 2020 g/mol. The highest BCUT2D eigenvalue weighted by Gasteiger charge is 2.47. The molecule has 0 spiro atoms. The van der Waals surface area contributed by atoms with E-state index in [9.17, 15) is 0 Å². The summed E-state index contributed by atoms with van der Waals surface area (Å²) in [4.78, 5) is 0. The monoisotopic (exact) mass is 2010 g/mol. The number of halogens is 10. The van der Waals surface area contributed by atoms with Crippen LogP contribution in [0.5, 0.6) is 0 Å². The van der Waals surface area contributed by atoms with Gasteiger partial charge < -0.3 is 0 Å². The predicted octanol–water partition coefficient (Wildman–Crippen LogP) is 33.9. The summed E-state index contributed by atoms with van der Waals surface area (Å²) in [7, 11) is 0. The molecule has 0 heterocycles. The molecule has 10 aromatic rings. The maximum atomic E-state index is 4.14. The molecule has 0 fully saturated rings. The number of hydrogen-bond acceptors (Lipinski definition) is 0. The lowest BCUT2D eigenvalue weighted by Crippen LogP contribution is -2.23. The Morgan fingerprint density at radius 3 is 0.314 bits per heavy atom. The SMILES string of the molecule is CCC1(CC)c2cc3c(Br)cc2-c2cc(Br)c(cc21)C=Cc1cc2c(cc1Br)-c1cc(Br)c(cc1C2(CC)CC)/C=C\c1cc2c(cc1Br)-c1cc(Br)c(cc1C2(CC)CC)/C=C\c1cc2c(cc1Br)-c1cc(Br)c(cc1C2(CC)CC)C=Cc1cc2c(cc1Br)-c1cc(Br)c(cc1C2(CC)CC)C=C3. The molecule has 0 aliphatic heterocycles. The third-order valence-corrected chi connectivity index (χ3v) is 33.1. The van der Waals surface area contributed by atoms with E-state index in [1.165, 1.54) is 167 Å². The second kappa shape index (κ2) is 28.2. The fourth-order valence-corrected chi connectivity index (χ4v) is 24.8. The van der Waals surface area contributed by atoms with Crippen LogP contribution in [0.25, 0.3) is 116 Å². The van der Waals surface area contributed by atoms with Crippen molar-refractivity contribution in [1.29, 1.82) is 0 Å². The maximum absolute atomic E-state index is 4.14. The summed E-state index contributed by atoms with van der Waals surface area (Å²) in [6.45, 7) is 23.7. The van der Waals surface area contributed by atoms with Crippen molar-refractivity contribution in [3.8, 4) is 55.6 Å². The largest absolute Gasteiger partial charge is 0.0642 e. The summed E-state index contributed by atoms with van der Waals surface area (Å²) >= 11 is 41.4. The zero-order valence-electron chi connectivity index (χ0n) is 60.7. The van der Waals surface area contributed by atoms with Gasteiger partial charge in [-0.2, -0.15) is 0 Å². The third kappa shape index (κ3) is 11.3. The normalized spacial score (nSPS) is 16.8. The summed E-state index contributed by atoms with van der Waals surface area (Å²) in [5, 5.41) is 0. The van der Waals surface area contributed by atoms with Crippen LogP contribution in [-0.2, 0) is 27.1 Å². The van der Waals surface area contributed by atoms with Gasteiger partial charge in [0.25, 0.3) is 0 Å². The highest BCUT2D eigenvalue weighted by atomic mass is 79.9. The van der Waals surface area contributed by atoms with Crippen molar-refractivity contribution < 1.29 is 0 Å². The van der Waals surface area contributed by atoms with Gasteiger partial charge in [-0.05, 0) is 352 Å². The Labute approximate surface area is 705 Å². The van der Waals surface area contributed by atoms with Crippen molar-refractivity contribution in [2.24, 2.45) is 0 Å². The molecule has 16 rings (SSSR count). The molecule has 105 heavy (non-hydrogen) atoms. The standard InChI is InChI=1S/C95H80Br10/c1-11-91(12-2)71-31-51-21-23-53-33-73-63(43-83(53)98)65-45-85(100)55(35-75(65)92(73,13-3)14-4)25-27-57-37-77-67(47-87(57)102)69-49-89(104)59(39-79(69)94(77,17-7)18-8)29-30-60-40-80-70(50-90(60)105)68-48-88(103)58(38-78(68)95(80,19-9)20-10)28-26-56-36-76-66(46-86(56)101)64-44-84(99)54(34-74(64)93(76,15-5)16-6)24-22-52-32-72(91)62(42-82(52)97)61(71)41-81(51)96/h21-50H,11-20H2,1-10H3/b23-21-,24-22-,27-25?,28-26?,30-29?,51-21?,52-22?,53-23?,54-24?,55-25?,56-26?,57-27?,58-28?,59-29?,60-30?. The summed E-state index contributed by atoms with van der Waals surface area (Å²) in [5.41, 5.74) is 37.8. The Balaban J connectivity index is 0.836. The molecule has 0 amide bonds. The van der Waals surface area contributed by atoms with Crippen LogP contribution < -0.4 is 0 Å². The van der Waals surface area contributed by atoms with E-state index in [4.69, 9.17) is 0 Å². The lowest BCUT2D eigenvalue weighted by atomic mass is 9.73. The van der Waals surface area contributed by atoms with Crippen LogP contribution >= 0.6 is 159 Å². The molecule has 0 nitrogen and oxygen atoms in total. The second-order valence-electron chi connectivity index (χ2n) is 29.8. The van der Waals surface area contributed by atoms with Crippen molar-refractivity contribution in [3.63, 3.8) is 0 Å². The Kier molecular flexibility index (Phi) is 20.1. The molecule has 10 heteroatoms. The molecule has 6 aliphatic rings. The first kappa shape index (κ1) is 74.8. The summed E-state index contributed by atoms with van der Waals surface area (Å²) in [6.07, 6.45) is 33.1. The Morgan fingerprint density at radius 1 is 0.152 bits per heavy atom. The van der Waals surface area contributed by atoms with E-state index < -0.39 is 0 Å². The van der Waals surface area contributed by atoms with Gasteiger partial charge in [-0.3, -0.25) is 0 Å². The quantitative estimate of drug-likeness (QED) is 0.128. The molecule has 0 aromatic heterocycles. The molecular weight excluding hydrogens is 1940 g/mol. The smallest absolute Gasteiger partial charge is 0.0254 e. The van der Waals surface area contributed by atoms with Gasteiger partial charge in [-0.25, -0.2) is 0 Å². The lowest BCUT2D eigenvalue weighted by molar-refractivity contribution is 0.490. The molecule has 0 saturated heterocycles. The van der Waals surface area contributed by atoms with Gasteiger partial charge in [-0.1, -0.05) is 289 Å². The van der Waals surface area contributed by atoms with Gasteiger partial charge in [0.2, 0.25) is 0 Å². The van der Waals surface area contributed by atoms with Crippen molar-refractivity contribution in [3.05, 3.63) is 277 Å². The van der Waals surface area contributed by atoms with Gasteiger partial charge in [0.15, 0.2) is 0 Å². The highest BCUT2D eigenvalue weighted by Crippen LogP contribution is 2.62. The zero-order chi connectivity index (χ0) is 73.9. The van der Waals surface area contributed by atoms with Crippen LogP contribution in [0.3, 0.4) is 0 Å². The van der Waals surface area contributed by atoms with Gasteiger partial charge in [0, 0.05) is 71.8 Å². The fourth-order valence-electron chi connectivity index (χ4n) is 20.0. The van der Waals surface area contributed by atoms with Crippen LogP contribution in [0.1, 0.15) is 245 Å². The molecule has 0 atom stereocenters. The Morgan fingerprint density at radius 2 is 0.238 bits per heavy atom. The van der Waals surface area contributed by atoms with Crippen molar-refractivity contribution in [1.82, 2.24) is 0 Å². The maximum Gasteiger partial charge on any atom is 0.0254 e. The minimum Gasteiger partial charge on any atom is -0.0642 e. The van der Waals surface area contributed by atoms with E-state index in [2.05, 4.69) is 411 Å². The van der Waals surface area contributed by atoms with Crippen LogP contribution in [0.15, 0.2) is 166 Å². The molecule has 20 bridgehead atoms. The molecule has 6 aliphatic carbocycles. The summed E-state index contributed by atoms with van der Waals surface area (Å²) in [5.74, 6) is 0. The lowest BCUT2D eigenvalue weighted by Gasteiger charge is -2.30. The van der Waals surface area contributed by atoms with Crippen molar-refractivity contribution in [2.45, 2.75) is 161 Å². The van der Waals surface area contributed by atoms with Crippen LogP contribution in [0, 0.1) is 0 Å². The van der Waals surface area contributed by atoms with E-state index in [0.717, 1.165) is 109 Å². The van der Waals surface area contributed by atoms with Crippen LogP contribution in [0.4, 0.5) is 0 Å². The number of fused-ring (bicyclic) bond motifs is 15. The topological polar surface area (TPSA) is 0 Å². The van der Waals surface area contributed by atoms with E-state index >= 15 is 0 Å². The minimum atomic E-state index is -0.167. The Hall–Kier alpha value is -4.30. The van der Waals surface area contributed by atoms with E-state index in [0.29, 0.717) is 0 Å². The van der Waals surface area contributed by atoms with E-state index in [-0.39, 0.29) is 27.1 Å². The first-order chi connectivity index (χ1) is 50.5. The molecule has 0 saturated carbocycles. The molecule has 0 N–H and O–H groups in total. The minimum absolute atomic E-state index is 0.167. The number of hydrogen-bond donors (Lipinski definition) is 0. The number of rotatable bonds is 10. The highest BCUT2D eigenvalue weighted by molar-refractivity contribution is 9.12. The van der Waals surface area contributed by atoms with Crippen LogP contribution in [0.2, 0.25) is 0 Å². The van der Waals surface area contributed by atoms with Crippen molar-refractivity contribution in [2.75, 3.05) is 0 Å². The first-order valence-electron chi connectivity index (χ1n) is 37.3. The van der Waals surface area contributed by atoms with E-state index in [1.807, 2.05) is 0 Å². The molecule has 0 unspecified atom stereocenters.